The number of likely N-dealkylation sites (tertiary alicyclic amines) is 1. The maximum Gasteiger partial charge on any atom is 0.123 e. The number of hydrogen-bond acceptors (Lipinski definition) is 4. The SMILES string of the molecule is Fc1ccc(Cc2nc3ccc(OCCN4CCCC4)cc3s2)cc1. The average Bonchev–Trinajstić information content (AvgIpc) is 3.26. The lowest BCUT2D eigenvalue weighted by atomic mass is 10.1. The minimum atomic E-state index is -0.205. The van der Waals surface area contributed by atoms with Crippen LogP contribution in [0.5, 0.6) is 5.75 Å². The highest BCUT2D eigenvalue weighted by Crippen LogP contribution is 2.28. The van der Waals surface area contributed by atoms with Gasteiger partial charge in [0.2, 0.25) is 0 Å². The molecular weight excluding hydrogens is 335 g/mol. The predicted molar refractivity (Wildman–Crippen MR) is 100.0 cm³/mol. The topological polar surface area (TPSA) is 25.4 Å². The van der Waals surface area contributed by atoms with Gasteiger partial charge in [0.1, 0.15) is 18.2 Å². The van der Waals surface area contributed by atoms with Crippen LogP contribution >= 0.6 is 11.3 Å². The highest BCUT2D eigenvalue weighted by molar-refractivity contribution is 7.18. The van der Waals surface area contributed by atoms with Gasteiger partial charge in [-0.25, -0.2) is 9.37 Å². The Labute approximate surface area is 151 Å². The van der Waals surface area contributed by atoms with Crippen LogP contribution in [0.2, 0.25) is 0 Å². The van der Waals surface area contributed by atoms with Gasteiger partial charge in [-0.1, -0.05) is 12.1 Å². The lowest BCUT2D eigenvalue weighted by molar-refractivity contribution is 0.238. The molecular formula is C20H21FN2OS. The molecule has 0 N–H and O–H groups in total. The summed E-state index contributed by atoms with van der Waals surface area (Å²) in [4.78, 5) is 7.13. The third-order valence-corrected chi connectivity index (χ3v) is 5.57. The molecule has 1 aliphatic heterocycles. The zero-order chi connectivity index (χ0) is 17.1. The molecule has 0 unspecified atom stereocenters. The number of hydrogen-bond donors (Lipinski definition) is 0. The number of fused-ring (bicyclic) bond motifs is 1. The third-order valence-electron chi connectivity index (χ3n) is 4.55. The highest BCUT2D eigenvalue weighted by atomic mass is 32.1. The molecule has 1 saturated heterocycles. The van der Waals surface area contributed by atoms with Crippen molar-refractivity contribution < 1.29 is 9.13 Å². The molecule has 3 aromatic rings. The first-order valence-corrected chi connectivity index (χ1v) is 9.57. The van der Waals surface area contributed by atoms with Crippen LogP contribution in [0.3, 0.4) is 0 Å². The Hall–Kier alpha value is -1.98. The van der Waals surface area contributed by atoms with Crippen molar-refractivity contribution >= 4 is 21.6 Å². The van der Waals surface area contributed by atoms with Crippen molar-refractivity contribution in [3.63, 3.8) is 0 Å². The van der Waals surface area contributed by atoms with Gasteiger partial charge in [0.05, 0.1) is 15.2 Å². The van der Waals surface area contributed by atoms with E-state index >= 15 is 0 Å². The summed E-state index contributed by atoms with van der Waals surface area (Å²) >= 11 is 1.67. The van der Waals surface area contributed by atoms with E-state index in [1.165, 1.54) is 38.1 Å². The molecule has 0 atom stereocenters. The lowest BCUT2D eigenvalue weighted by Crippen LogP contribution is -2.25. The van der Waals surface area contributed by atoms with Crippen LogP contribution in [-0.2, 0) is 6.42 Å². The molecule has 1 aromatic heterocycles. The largest absolute Gasteiger partial charge is 0.492 e. The summed E-state index contributed by atoms with van der Waals surface area (Å²) in [6.07, 6.45) is 3.35. The van der Waals surface area contributed by atoms with Crippen LogP contribution in [0.1, 0.15) is 23.4 Å². The van der Waals surface area contributed by atoms with Crippen molar-refractivity contribution in [2.45, 2.75) is 19.3 Å². The summed E-state index contributed by atoms with van der Waals surface area (Å²) in [7, 11) is 0. The van der Waals surface area contributed by atoms with Gasteiger partial charge < -0.3 is 4.74 Å². The summed E-state index contributed by atoms with van der Waals surface area (Å²) in [5, 5.41) is 1.04. The number of benzene rings is 2. The van der Waals surface area contributed by atoms with Crippen molar-refractivity contribution in [1.82, 2.24) is 9.88 Å². The number of aromatic nitrogens is 1. The smallest absolute Gasteiger partial charge is 0.123 e. The minimum Gasteiger partial charge on any atom is -0.492 e. The molecule has 5 heteroatoms. The monoisotopic (exact) mass is 356 g/mol. The molecule has 25 heavy (non-hydrogen) atoms. The van der Waals surface area contributed by atoms with Crippen molar-refractivity contribution in [3.05, 3.63) is 58.9 Å². The number of nitrogens with zero attached hydrogens (tertiary/aromatic N) is 2. The lowest BCUT2D eigenvalue weighted by Gasteiger charge is -2.14. The number of thiazole rings is 1. The number of ether oxygens (including phenoxy) is 1. The van der Waals surface area contributed by atoms with Crippen LogP contribution in [0.4, 0.5) is 4.39 Å². The van der Waals surface area contributed by atoms with Crippen molar-refractivity contribution in [1.29, 1.82) is 0 Å². The minimum absolute atomic E-state index is 0.205. The van der Waals surface area contributed by atoms with Crippen molar-refractivity contribution in [3.8, 4) is 5.75 Å². The maximum atomic E-state index is 13.0. The van der Waals surface area contributed by atoms with Gasteiger partial charge in [0.15, 0.2) is 0 Å². The van der Waals surface area contributed by atoms with Gasteiger partial charge in [-0.15, -0.1) is 11.3 Å². The summed E-state index contributed by atoms with van der Waals surface area (Å²) in [6, 6.07) is 12.7. The highest BCUT2D eigenvalue weighted by Gasteiger charge is 2.11. The fourth-order valence-corrected chi connectivity index (χ4v) is 4.22. The van der Waals surface area contributed by atoms with Crippen LogP contribution in [0.25, 0.3) is 10.2 Å². The van der Waals surface area contributed by atoms with E-state index in [-0.39, 0.29) is 5.82 Å². The second kappa shape index (κ2) is 7.50. The van der Waals surface area contributed by atoms with Gasteiger partial charge in [0.25, 0.3) is 0 Å². The van der Waals surface area contributed by atoms with E-state index in [2.05, 4.69) is 16.0 Å². The molecule has 0 aliphatic carbocycles. The van der Waals surface area contributed by atoms with Gasteiger partial charge in [-0.2, -0.15) is 0 Å². The summed E-state index contributed by atoms with van der Waals surface area (Å²) < 4.78 is 20.1. The first kappa shape index (κ1) is 16.5. The van der Waals surface area contributed by atoms with Crippen LogP contribution in [-0.4, -0.2) is 36.1 Å². The van der Waals surface area contributed by atoms with E-state index < -0.39 is 0 Å². The van der Waals surface area contributed by atoms with E-state index in [0.717, 1.165) is 46.1 Å². The van der Waals surface area contributed by atoms with Gasteiger partial charge in [0, 0.05) is 13.0 Å². The zero-order valence-corrected chi connectivity index (χ0v) is 14.9. The molecule has 4 rings (SSSR count). The Morgan fingerprint density at radius 2 is 1.88 bits per heavy atom. The molecule has 3 nitrogen and oxygen atoms in total. The average molecular weight is 356 g/mol. The second-order valence-electron chi connectivity index (χ2n) is 6.44. The fraction of sp³-hybridized carbons (Fsp3) is 0.350. The Balaban J connectivity index is 1.40. The molecule has 0 bridgehead atoms. The summed E-state index contributed by atoms with van der Waals surface area (Å²) in [5.74, 6) is 0.701. The van der Waals surface area contributed by atoms with Crippen LogP contribution in [0, 0.1) is 5.82 Å². The van der Waals surface area contributed by atoms with Crippen molar-refractivity contribution in [2.75, 3.05) is 26.2 Å². The Bertz CT molecular complexity index is 841. The van der Waals surface area contributed by atoms with Crippen LogP contribution < -0.4 is 4.74 Å². The molecule has 0 saturated carbocycles. The first-order chi connectivity index (χ1) is 12.3. The van der Waals surface area contributed by atoms with E-state index in [9.17, 15) is 4.39 Å². The predicted octanol–water partition coefficient (Wildman–Crippen LogP) is 4.50. The normalized spacial score (nSPS) is 15.1. The third kappa shape index (κ3) is 4.17. The van der Waals surface area contributed by atoms with Gasteiger partial charge in [-0.3, -0.25) is 4.90 Å². The quantitative estimate of drug-likeness (QED) is 0.650. The summed E-state index contributed by atoms with van der Waals surface area (Å²) in [5.41, 5.74) is 2.07. The molecule has 2 aromatic carbocycles. The molecule has 2 heterocycles. The zero-order valence-electron chi connectivity index (χ0n) is 14.1. The molecule has 1 fully saturated rings. The molecule has 0 amide bonds. The van der Waals surface area contributed by atoms with E-state index in [1.807, 2.05) is 24.3 Å². The Kier molecular flexibility index (Phi) is 4.95. The number of halogens is 1. The number of rotatable bonds is 6. The van der Waals surface area contributed by atoms with Gasteiger partial charge >= 0.3 is 0 Å². The maximum absolute atomic E-state index is 13.0. The Morgan fingerprint density at radius 1 is 1.08 bits per heavy atom. The standard InChI is InChI=1S/C20H21FN2OS/c21-16-5-3-15(4-6-16)13-20-22-18-8-7-17(14-19(18)25-20)24-12-11-23-9-1-2-10-23/h3-8,14H,1-2,9-13H2. The van der Waals surface area contributed by atoms with Crippen LogP contribution in [0.15, 0.2) is 42.5 Å². The molecule has 0 spiro atoms. The van der Waals surface area contributed by atoms with E-state index in [4.69, 9.17) is 4.74 Å². The molecule has 1 aliphatic rings. The fourth-order valence-electron chi connectivity index (χ4n) is 3.19. The summed E-state index contributed by atoms with van der Waals surface area (Å²) in [6.45, 7) is 4.12. The molecule has 130 valence electrons. The van der Waals surface area contributed by atoms with Crippen molar-refractivity contribution in [2.24, 2.45) is 0 Å². The molecule has 0 radical (unpaired) electrons. The van der Waals surface area contributed by atoms with Gasteiger partial charge in [-0.05, 0) is 61.8 Å². The Morgan fingerprint density at radius 3 is 2.68 bits per heavy atom. The van der Waals surface area contributed by atoms with E-state index in [0.29, 0.717) is 0 Å². The second-order valence-corrected chi connectivity index (χ2v) is 7.55. The van der Waals surface area contributed by atoms with E-state index in [1.54, 1.807) is 11.3 Å². The first-order valence-electron chi connectivity index (χ1n) is 8.75.